The smallest absolute Gasteiger partial charge is 0.155 e. The van der Waals surface area contributed by atoms with Gasteiger partial charge in [0.1, 0.15) is 12.1 Å². The second kappa shape index (κ2) is 6.00. The molecule has 2 aromatic carbocycles. The lowest BCUT2D eigenvalue weighted by molar-refractivity contribution is 0.415. The Balaban J connectivity index is 1.68. The Morgan fingerprint density at radius 3 is 2.62 bits per heavy atom. The van der Waals surface area contributed by atoms with Gasteiger partial charge in [0.2, 0.25) is 0 Å². The van der Waals surface area contributed by atoms with Crippen LogP contribution in [0.1, 0.15) is 11.3 Å². The van der Waals surface area contributed by atoms with Crippen molar-refractivity contribution in [2.75, 3.05) is 7.11 Å². The molecule has 0 atom stereocenters. The van der Waals surface area contributed by atoms with Gasteiger partial charge in [0.15, 0.2) is 5.82 Å². The van der Waals surface area contributed by atoms with Crippen molar-refractivity contribution in [3.63, 3.8) is 0 Å². The summed E-state index contributed by atoms with van der Waals surface area (Å²) in [6.45, 7) is 0. The highest BCUT2D eigenvalue weighted by Gasteiger charge is 2.07. The van der Waals surface area contributed by atoms with E-state index in [-0.39, 0.29) is 0 Å². The van der Waals surface area contributed by atoms with Crippen LogP contribution in [0.3, 0.4) is 0 Å². The molecule has 0 aliphatic carbocycles. The van der Waals surface area contributed by atoms with Crippen molar-refractivity contribution in [3.8, 4) is 17.1 Å². The first-order chi connectivity index (χ1) is 11.8. The molecule has 4 aromatic rings. The molecule has 0 amide bonds. The van der Waals surface area contributed by atoms with Crippen molar-refractivity contribution in [1.29, 1.82) is 0 Å². The molecule has 0 fully saturated rings. The average Bonchev–Trinajstić information content (AvgIpc) is 3.30. The number of rotatable bonds is 4. The number of nitrogens with zero attached hydrogens (tertiary/aromatic N) is 3. The first-order valence-corrected chi connectivity index (χ1v) is 7.49. The number of H-pyrrole nitrogens is 2. The normalized spacial score (nSPS) is 11.4. The Morgan fingerprint density at radius 1 is 1.00 bits per heavy atom. The summed E-state index contributed by atoms with van der Waals surface area (Å²) >= 11 is 0. The number of hydrogen-bond acceptors (Lipinski definition) is 4. The van der Waals surface area contributed by atoms with E-state index in [1.54, 1.807) is 7.11 Å². The maximum Gasteiger partial charge on any atom is 0.155 e. The Morgan fingerprint density at radius 2 is 1.88 bits per heavy atom. The number of methoxy groups -OCH3 is 1. The van der Waals surface area contributed by atoms with Crippen molar-refractivity contribution in [1.82, 2.24) is 25.4 Å². The fourth-order valence-corrected chi connectivity index (χ4v) is 2.54. The lowest BCUT2D eigenvalue weighted by Crippen LogP contribution is -1.82. The van der Waals surface area contributed by atoms with Crippen LogP contribution in [0, 0.1) is 0 Å². The van der Waals surface area contributed by atoms with Crippen molar-refractivity contribution < 1.29 is 4.74 Å². The predicted molar refractivity (Wildman–Crippen MR) is 93.4 cm³/mol. The van der Waals surface area contributed by atoms with Gasteiger partial charge in [0.05, 0.1) is 18.3 Å². The minimum absolute atomic E-state index is 0.739. The summed E-state index contributed by atoms with van der Waals surface area (Å²) in [6, 6.07) is 13.9. The molecular formula is C18H15N5O. The van der Waals surface area contributed by atoms with Crippen LogP contribution < -0.4 is 4.74 Å². The van der Waals surface area contributed by atoms with E-state index in [1.165, 1.54) is 6.33 Å². The van der Waals surface area contributed by atoms with Crippen molar-refractivity contribution >= 4 is 23.1 Å². The van der Waals surface area contributed by atoms with E-state index >= 15 is 0 Å². The lowest BCUT2D eigenvalue weighted by atomic mass is 10.1. The molecule has 0 saturated carbocycles. The van der Waals surface area contributed by atoms with Crippen molar-refractivity contribution in [2.24, 2.45) is 0 Å². The Labute approximate surface area is 138 Å². The summed E-state index contributed by atoms with van der Waals surface area (Å²) in [5.41, 5.74) is 3.91. The fourth-order valence-electron chi connectivity index (χ4n) is 2.54. The molecule has 4 rings (SSSR count). The zero-order valence-electron chi connectivity index (χ0n) is 13.0. The third-order valence-corrected chi connectivity index (χ3v) is 3.83. The zero-order valence-corrected chi connectivity index (χ0v) is 13.0. The molecule has 2 N–H and O–H groups in total. The standard InChI is InChI=1S/C18H15N5O/c1-24-14-6-2-12(3-7-14)4-8-16-15-10-13(18-19-11-20-23-18)5-9-17(15)22-21-16/h2-11H,1H3,(H,21,22)(H,19,20,23). The van der Waals surface area contributed by atoms with Crippen LogP contribution in [-0.4, -0.2) is 32.5 Å². The highest BCUT2D eigenvalue weighted by atomic mass is 16.5. The average molecular weight is 317 g/mol. The zero-order chi connectivity index (χ0) is 16.4. The van der Waals surface area contributed by atoms with Gasteiger partial charge < -0.3 is 4.74 Å². The van der Waals surface area contributed by atoms with E-state index in [0.717, 1.165) is 39.3 Å². The summed E-state index contributed by atoms with van der Waals surface area (Å²) in [5.74, 6) is 1.58. The quantitative estimate of drug-likeness (QED) is 0.603. The largest absolute Gasteiger partial charge is 0.497 e. The summed E-state index contributed by atoms with van der Waals surface area (Å²) in [7, 11) is 1.66. The highest BCUT2D eigenvalue weighted by Crippen LogP contribution is 2.24. The first-order valence-electron chi connectivity index (χ1n) is 7.49. The minimum Gasteiger partial charge on any atom is -0.497 e. The molecule has 0 saturated heterocycles. The number of ether oxygens (including phenoxy) is 1. The maximum absolute atomic E-state index is 5.17. The van der Waals surface area contributed by atoms with Crippen molar-refractivity contribution in [3.05, 3.63) is 60.0 Å². The van der Waals surface area contributed by atoms with Gasteiger partial charge in [-0.1, -0.05) is 18.2 Å². The Kier molecular flexibility index (Phi) is 3.55. The van der Waals surface area contributed by atoms with E-state index in [2.05, 4.69) is 25.4 Å². The van der Waals surface area contributed by atoms with Gasteiger partial charge >= 0.3 is 0 Å². The maximum atomic E-state index is 5.17. The van der Waals surface area contributed by atoms with Gasteiger partial charge in [-0.25, -0.2) is 4.98 Å². The third-order valence-electron chi connectivity index (χ3n) is 3.83. The molecule has 0 spiro atoms. The van der Waals surface area contributed by atoms with Crippen LogP contribution in [0.15, 0.2) is 48.8 Å². The van der Waals surface area contributed by atoms with E-state index in [4.69, 9.17) is 4.74 Å². The number of hydrogen-bond donors (Lipinski definition) is 2. The molecule has 0 radical (unpaired) electrons. The first kappa shape index (κ1) is 14.2. The van der Waals surface area contributed by atoms with Gasteiger partial charge in [-0.3, -0.25) is 10.2 Å². The summed E-state index contributed by atoms with van der Waals surface area (Å²) in [6.07, 6.45) is 5.51. The number of fused-ring (bicyclic) bond motifs is 1. The summed E-state index contributed by atoms with van der Waals surface area (Å²) < 4.78 is 5.17. The number of aromatic amines is 2. The molecule has 118 valence electrons. The Bertz CT molecular complexity index is 984. The van der Waals surface area contributed by atoms with E-state index in [9.17, 15) is 0 Å². The molecule has 24 heavy (non-hydrogen) atoms. The van der Waals surface area contributed by atoms with Crippen LogP contribution in [-0.2, 0) is 0 Å². The molecule has 0 aliphatic rings. The second-order valence-corrected chi connectivity index (χ2v) is 5.31. The highest BCUT2D eigenvalue weighted by molar-refractivity contribution is 5.91. The van der Waals surface area contributed by atoms with Gasteiger partial charge in [-0.2, -0.15) is 10.2 Å². The van der Waals surface area contributed by atoms with E-state index < -0.39 is 0 Å². The molecule has 2 heterocycles. The summed E-state index contributed by atoms with van der Waals surface area (Å²) in [4.78, 5) is 4.19. The van der Waals surface area contributed by atoms with Gasteiger partial charge in [0.25, 0.3) is 0 Å². The molecular weight excluding hydrogens is 302 g/mol. The SMILES string of the molecule is COc1ccc(C=Cc2n[nH]c3ccc(-c4ncn[nH]4)cc23)cc1. The third kappa shape index (κ3) is 2.65. The topological polar surface area (TPSA) is 79.5 Å². The van der Waals surface area contributed by atoms with Crippen LogP contribution >= 0.6 is 0 Å². The molecule has 2 aromatic heterocycles. The van der Waals surface area contributed by atoms with E-state index in [0.29, 0.717) is 0 Å². The molecule has 6 heteroatoms. The molecule has 0 aliphatic heterocycles. The molecule has 6 nitrogen and oxygen atoms in total. The van der Waals surface area contributed by atoms with Crippen LogP contribution in [0.25, 0.3) is 34.4 Å². The van der Waals surface area contributed by atoms with E-state index in [1.807, 2.05) is 54.6 Å². The van der Waals surface area contributed by atoms with Crippen molar-refractivity contribution in [2.45, 2.75) is 0 Å². The van der Waals surface area contributed by atoms with Crippen LogP contribution in [0.2, 0.25) is 0 Å². The minimum atomic E-state index is 0.739. The monoisotopic (exact) mass is 317 g/mol. The fraction of sp³-hybridized carbons (Fsp3) is 0.0556. The van der Waals surface area contributed by atoms with Gasteiger partial charge in [-0.15, -0.1) is 0 Å². The Hall–Kier alpha value is -3.41. The lowest BCUT2D eigenvalue weighted by Gasteiger charge is -1.99. The molecule has 0 unspecified atom stereocenters. The predicted octanol–water partition coefficient (Wildman–Crippen LogP) is 3.53. The second-order valence-electron chi connectivity index (χ2n) is 5.31. The van der Waals surface area contributed by atoms with Crippen LogP contribution in [0.5, 0.6) is 5.75 Å². The number of benzene rings is 2. The van der Waals surface area contributed by atoms with Gasteiger partial charge in [0, 0.05) is 10.9 Å². The number of aromatic nitrogens is 5. The number of nitrogens with one attached hydrogen (secondary N) is 2. The summed E-state index contributed by atoms with van der Waals surface area (Å²) in [5, 5.41) is 15.2. The molecule has 0 bridgehead atoms. The van der Waals surface area contributed by atoms with Gasteiger partial charge in [-0.05, 0) is 42.0 Å². The van der Waals surface area contributed by atoms with Crippen LogP contribution in [0.4, 0.5) is 0 Å².